The number of benzene rings is 2. The van der Waals surface area contributed by atoms with E-state index >= 15 is 0 Å². The van der Waals surface area contributed by atoms with Crippen molar-refractivity contribution in [3.63, 3.8) is 0 Å². The third-order valence-corrected chi connectivity index (χ3v) is 7.55. The van der Waals surface area contributed by atoms with Crippen LogP contribution in [0.1, 0.15) is 18.4 Å². The molecule has 0 bridgehead atoms. The Morgan fingerprint density at radius 3 is 2.46 bits per heavy atom. The number of carbonyl (C=O) groups is 1. The Morgan fingerprint density at radius 2 is 1.77 bits per heavy atom. The van der Waals surface area contributed by atoms with Crippen molar-refractivity contribution in [3.05, 3.63) is 66.5 Å². The van der Waals surface area contributed by atoms with Crippen LogP contribution in [-0.4, -0.2) is 43.0 Å². The molecule has 0 radical (unpaired) electrons. The summed E-state index contributed by atoms with van der Waals surface area (Å²) in [6.07, 6.45) is 4.65. The van der Waals surface area contributed by atoms with E-state index in [4.69, 9.17) is 19.2 Å². The monoisotopic (exact) mass is 509 g/mol. The van der Waals surface area contributed by atoms with Crippen LogP contribution in [0.15, 0.2) is 65.8 Å². The van der Waals surface area contributed by atoms with Crippen molar-refractivity contribution >= 4 is 44.4 Å². The molecule has 2 heterocycles. The van der Waals surface area contributed by atoms with Crippen LogP contribution < -0.4 is 19.1 Å². The Morgan fingerprint density at radius 1 is 1.00 bits per heavy atom. The van der Waals surface area contributed by atoms with Crippen LogP contribution in [0.4, 0.5) is 5.13 Å². The quantitative estimate of drug-likeness (QED) is 0.186. The van der Waals surface area contributed by atoms with E-state index in [1.54, 1.807) is 50.4 Å². The van der Waals surface area contributed by atoms with Gasteiger partial charge in [-0.15, -0.1) is 11.8 Å². The lowest BCUT2D eigenvalue weighted by atomic mass is 10.2. The van der Waals surface area contributed by atoms with Gasteiger partial charge in [0.25, 0.3) is 0 Å². The van der Waals surface area contributed by atoms with Gasteiger partial charge in [-0.2, -0.15) is 0 Å². The maximum Gasteiger partial charge on any atom is 0.229 e. The summed E-state index contributed by atoms with van der Waals surface area (Å²) >= 11 is 3.15. The van der Waals surface area contributed by atoms with Gasteiger partial charge < -0.3 is 14.2 Å². The molecule has 2 aromatic carbocycles. The van der Waals surface area contributed by atoms with E-state index in [1.807, 2.05) is 48.5 Å². The first-order valence-corrected chi connectivity index (χ1v) is 12.9. The number of thiazole rings is 1. The maximum atomic E-state index is 13.4. The molecule has 0 fully saturated rings. The molecule has 0 saturated carbocycles. The molecule has 35 heavy (non-hydrogen) atoms. The van der Waals surface area contributed by atoms with E-state index in [9.17, 15) is 4.79 Å². The van der Waals surface area contributed by atoms with E-state index in [0.29, 0.717) is 35.1 Å². The van der Waals surface area contributed by atoms with Crippen molar-refractivity contribution in [1.82, 2.24) is 9.97 Å². The van der Waals surface area contributed by atoms with Gasteiger partial charge in [0.05, 0.1) is 27.9 Å². The molecule has 0 aliphatic heterocycles. The highest BCUT2D eigenvalue weighted by molar-refractivity contribution is 7.99. The summed E-state index contributed by atoms with van der Waals surface area (Å²) in [5.74, 6) is 3.03. The third kappa shape index (κ3) is 6.04. The van der Waals surface area contributed by atoms with E-state index < -0.39 is 0 Å². The zero-order valence-corrected chi connectivity index (χ0v) is 21.5. The fraction of sp³-hybridized carbons (Fsp3) is 0.269. The standard InChI is InChI=1S/C26H27N3O4S2/c1-31-19-8-10-20(11-9-19)34-15-5-7-23(30)29(17-18-6-4-14-27-16-18)26-28-24-21(32-2)12-13-22(33-3)25(24)35-26/h4,6,8-14,16H,5,7,15,17H2,1-3H3. The second-order valence-corrected chi connectivity index (χ2v) is 9.76. The first kappa shape index (κ1) is 24.8. The fourth-order valence-electron chi connectivity index (χ4n) is 3.55. The minimum Gasteiger partial charge on any atom is -0.497 e. The van der Waals surface area contributed by atoms with Crippen molar-refractivity contribution < 1.29 is 19.0 Å². The number of aromatic nitrogens is 2. The topological polar surface area (TPSA) is 73.8 Å². The molecule has 0 atom stereocenters. The predicted molar refractivity (Wildman–Crippen MR) is 141 cm³/mol. The minimum atomic E-state index is 0.0150. The highest BCUT2D eigenvalue weighted by Gasteiger charge is 2.23. The fourth-order valence-corrected chi connectivity index (χ4v) is 5.49. The van der Waals surface area contributed by atoms with Gasteiger partial charge in [0.2, 0.25) is 5.91 Å². The Hall–Kier alpha value is -3.30. The number of hydrogen-bond acceptors (Lipinski definition) is 8. The molecule has 182 valence electrons. The molecule has 0 spiro atoms. The largest absolute Gasteiger partial charge is 0.497 e. The van der Waals surface area contributed by atoms with E-state index in [-0.39, 0.29) is 5.91 Å². The zero-order chi connectivity index (χ0) is 24.6. The normalized spacial score (nSPS) is 10.8. The molecule has 0 aliphatic rings. The minimum absolute atomic E-state index is 0.0150. The van der Waals surface area contributed by atoms with Crippen LogP contribution in [0.5, 0.6) is 17.2 Å². The number of thioether (sulfide) groups is 1. The molecular formula is C26H27N3O4S2. The van der Waals surface area contributed by atoms with Gasteiger partial charge in [-0.05, 0) is 60.2 Å². The summed E-state index contributed by atoms with van der Waals surface area (Å²) in [5.41, 5.74) is 1.62. The summed E-state index contributed by atoms with van der Waals surface area (Å²) < 4.78 is 17.1. The molecule has 4 aromatic rings. The molecule has 1 amide bonds. The SMILES string of the molecule is COc1ccc(SCCCC(=O)N(Cc2cccnc2)c2nc3c(OC)ccc(OC)c3s2)cc1. The van der Waals surface area contributed by atoms with Crippen molar-refractivity contribution in [2.75, 3.05) is 32.0 Å². The summed E-state index contributed by atoms with van der Waals surface area (Å²) in [7, 11) is 4.89. The molecule has 0 aliphatic carbocycles. The number of methoxy groups -OCH3 is 3. The third-order valence-electron chi connectivity index (χ3n) is 5.36. The first-order valence-electron chi connectivity index (χ1n) is 11.1. The Kier molecular flexibility index (Phi) is 8.44. The molecule has 0 N–H and O–H groups in total. The molecule has 0 unspecified atom stereocenters. The molecule has 9 heteroatoms. The van der Waals surface area contributed by atoms with E-state index in [2.05, 4.69) is 4.98 Å². The van der Waals surface area contributed by atoms with Crippen LogP contribution >= 0.6 is 23.1 Å². The van der Waals surface area contributed by atoms with Gasteiger partial charge in [-0.25, -0.2) is 4.98 Å². The number of rotatable bonds is 11. The maximum absolute atomic E-state index is 13.4. The number of ether oxygens (including phenoxy) is 3. The lowest BCUT2D eigenvalue weighted by Gasteiger charge is -2.20. The smallest absolute Gasteiger partial charge is 0.229 e. The molecule has 7 nitrogen and oxygen atoms in total. The number of carbonyl (C=O) groups excluding carboxylic acids is 1. The number of nitrogens with zero attached hydrogens (tertiary/aromatic N) is 3. The number of amides is 1. The van der Waals surface area contributed by atoms with Gasteiger partial charge in [0.15, 0.2) is 5.13 Å². The molecule has 2 aromatic heterocycles. The number of hydrogen-bond donors (Lipinski definition) is 0. The Bertz CT molecular complexity index is 1220. The predicted octanol–water partition coefficient (Wildman–Crippen LogP) is 5.82. The lowest BCUT2D eigenvalue weighted by molar-refractivity contribution is -0.118. The summed E-state index contributed by atoms with van der Waals surface area (Å²) in [4.78, 5) is 25.3. The van der Waals surface area contributed by atoms with Gasteiger partial charge >= 0.3 is 0 Å². The van der Waals surface area contributed by atoms with Crippen LogP contribution in [0.2, 0.25) is 0 Å². The number of pyridine rings is 1. The van der Waals surface area contributed by atoms with Crippen LogP contribution in [0, 0.1) is 0 Å². The van der Waals surface area contributed by atoms with Gasteiger partial charge in [0.1, 0.15) is 27.5 Å². The highest BCUT2D eigenvalue weighted by atomic mass is 32.2. The van der Waals surface area contributed by atoms with Crippen molar-refractivity contribution in [2.24, 2.45) is 0 Å². The lowest BCUT2D eigenvalue weighted by Crippen LogP contribution is -2.30. The average molecular weight is 510 g/mol. The molecule has 4 rings (SSSR count). The first-order chi connectivity index (χ1) is 17.1. The van der Waals surface area contributed by atoms with Gasteiger partial charge in [-0.3, -0.25) is 14.7 Å². The average Bonchev–Trinajstić information content (AvgIpc) is 3.35. The number of anilines is 1. The molecule has 0 saturated heterocycles. The zero-order valence-electron chi connectivity index (χ0n) is 19.9. The van der Waals surface area contributed by atoms with Crippen molar-refractivity contribution in [1.29, 1.82) is 0 Å². The summed E-state index contributed by atoms with van der Waals surface area (Å²) in [6.45, 7) is 0.392. The highest BCUT2D eigenvalue weighted by Crippen LogP contribution is 2.40. The van der Waals surface area contributed by atoms with Crippen LogP contribution in [0.25, 0.3) is 10.2 Å². The second kappa shape index (κ2) is 11.9. The number of fused-ring (bicyclic) bond motifs is 1. The Labute approximate surface area is 213 Å². The van der Waals surface area contributed by atoms with E-state index in [1.165, 1.54) is 11.3 Å². The van der Waals surface area contributed by atoms with Crippen LogP contribution in [0.3, 0.4) is 0 Å². The second-order valence-electron chi connectivity index (χ2n) is 7.61. The van der Waals surface area contributed by atoms with Crippen molar-refractivity contribution in [3.8, 4) is 17.2 Å². The summed E-state index contributed by atoms with van der Waals surface area (Å²) in [5, 5.41) is 0.611. The van der Waals surface area contributed by atoms with Gasteiger partial charge in [-0.1, -0.05) is 17.4 Å². The van der Waals surface area contributed by atoms with E-state index in [0.717, 1.165) is 33.1 Å². The van der Waals surface area contributed by atoms with Crippen LogP contribution in [-0.2, 0) is 11.3 Å². The summed E-state index contributed by atoms with van der Waals surface area (Å²) in [6, 6.07) is 15.5. The van der Waals surface area contributed by atoms with Gasteiger partial charge in [0, 0.05) is 23.7 Å². The molecular weight excluding hydrogens is 482 g/mol. The van der Waals surface area contributed by atoms with Crippen molar-refractivity contribution in [2.45, 2.75) is 24.3 Å². The Balaban J connectivity index is 1.51.